The minimum absolute atomic E-state index is 0.0797. The summed E-state index contributed by atoms with van der Waals surface area (Å²) in [7, 11) is 0. The van der Waals surface area contributed by atoms with Gasteiger partial charge in [0.05, 0.1) is 5.56 Å². The molecule has 6 heteroatoms. The number of fused-ring (bicyclic) bond motifs is 1. The van der Waals surface area contributed by atoms with Gasteiger partial charge < -0.3 is 10.6 Å². The Morgan fingerprint density at radius 1 is 1.33 bits per heavy atom. The van der Waals surface area contributed by atoms with Crippen molar-refractivity contribution in [2.24, 2.45) is 0 Å². The summed E-state index contributed by atoms with van der Waals surface area (Å²) in [5, 5.41) is 13.7. The third-order valence-electron chi connectivity index (χ3n) is 2.57. The maximum Gasteiger partial charge on any atom is 0.252 e. The molecule has 0 saturated carbocycles. The van der Waals surface area contributed by atoms with Crippen molar-refractivity contribution in [3.05, 3.63) is 30.2 Å². The Balaban J connectivity index is 1.88. The quantitative estimate of drug-likeness (QED) is 0.727. The van der Waals surface area contributed by atoms with E-state index in [2.05, 4.69) is 27.8 Å². The number of pyridine rings is 1. The van der Waals surface area contributed by atoms with Crippen molar-refractivity contribution in [3.8, 4) is 0 Å². The lowest BCUT2D eigenvalue weighted by atomic mass is 10.2. The van der Waals surface area contributed by atoms with E-state index in [1.807, 2.05) is 0 Å². The molecule has 0 saturated heterocycles. The second-order valence-electron chi connectivity index (χ2n) is 4.02. The SMILES string of the molecule is CCCNCCNC(=O)c1ccc2nncn2c1. The van der Waals surface area contributed by atoms with Crippen LogP contribution in [0.3, 0.4) is 0 Å². The summed E-state index contributed by atoms with van der Waals surface area (Å²) in [6, 6.07) is 3.52. The van der Waals surface area contributed by atoms with Crippen molar-refractivity contribution in [3.63, 3.8) is 0 Å². The maximum absolute atomic E-state index is 11.8. The zero-order valence-electron chi connectivity index (χ0n) is 10.4. The lowest BCUT2D eigenvalue weighted by molar-refractivity contribution is 0.0953. The predicted molar refractivity (Wildman–Crippen MR) is 68.5 cm³/mol. The van der Waals surface area contributed by atoms with Gasteiger partial charge in [-0.15, -0.1) is 10.2 Å². The topological polar surface area (TPSA) is 71.3 Å². The molecule has 2 heterocycles. The molecule has 0 aliphatic heterocycles. The van der Waals surface area contributed by atoms with E-state index >= 15 is 0 Å². The van der Waals surface area contributed by atoms with E-state index in [0.29, 0.717) is 12.1 Å². The van der Waals surface area contributed by atoms with Gasteiger partial charge in [-0.1, -0.05) is 6.92 Å². The highest BCUT2D eigenvalue weighted by molar-refractivity contribution is 5.94. The molecule has 2 aromatic rings. The Morgan fingerprint density at radius 2 is 2.22 bits per heavy atom. The summed E-state index contributed by atoms with van der Waals surface area (Å²) < 4.78 is 1.73. The first-order valence-electron chi connectivity index (χ1n) is 6.09. The summed E-state index contributed by atoms with van der Waals surface area (Å²) in [6.07, 6.45) is 4.40. The molecule has 0 radical (unpaired) electrons. The van der Waals surface area contributed by atoms with Crippen LogP contribution in [0, 0.1) is 0 Å². The molecule has 0 fully saturated rings. The molecule has 0 spiro atoms. The molecule has 96 valence electrons. The highest BCUT2D eigenvalue weighted by Crippen LogP contribution is 2.03. The Labute approximate surface area is 105 Å². The first-order valence-corrected chi connectivity index (χ1v) is 6.09. The van der Waals surface area contributed by atoms with Gasteiger partial charge in [-0.2, -0.15) is 0 Å². The fraction of sp³-hybridized carbons (Fsp3) is 0.417. The summed E-state index contributed by atoms with van der Waals surface area (Å²) >= 11 is 0. The maximum atomic E-state index is 11.8. The fourth-order valence-corrected chi connectivity index (χ4v) is 1.63. The Kier molecular flexibility index (Phi) is 4.25. The molecular weight excluding hydrogens is 230 g/mol. The lowest BCUT2D eigenvalue weighted by Crippen LogP contribution is -2.32. The van der Waals surface area contributed by atoms with Crippen LogP contribution < -0.4 is 10.6 Å². The highest BCUT2D eigenvalue weighted by atomic mass is 16.1. The number of carbonyl (C=O) groups is 1. The first kappa shape index (κ1) is 12.5. The van der Waals surface area contributed by atoms with E-state index in [0.717, 1.165) is 25.2 Å². The number of hydrogen-bond donors (Lipinski definition) is 2. The van der Waals surface area contributed by atoms with Crippen molar-refractivity contribution in [2.45, 2.75) is 13.3 Å². The zero-order chi connectivity index (χ0) is 12.8. The Bertz CT molecular complexity index is 522. The molecule has 2 rings (SSSR count). The second-order valence-corrected chi connectivity index (χ2v) is 4.02. The van der Waals surface area contributed by atoms with Crippen LogP contribution in [0.25, 0.3) is 5.65 Å². The monoisotopic (exact) mass is 247 g/mol. The van der Waals surface area contributed by atoms with Crippen LogP contribution in [0.1, 0.15) is 23.7 Å². The van der Waals surface area contributed by atoms with Gasteiger partial charge in [0, 0.05) is 19.3 Å². The minimum atomic E-state index is -0.0797. The van der Waals surface area contributed by atoms with E-state index < -0.39 is 0 Å². The molecular formula is C12H17N5O. The molecule has 18 heavy (non-hydrogen) atoms. The van der Waals surface area contributed by atoms with Crippen molar-refractivity contribution >= 4 is 11.6 Å². The van der Waals surface area contributed by atoms with Gasteiger partial charge in [0.2, 0.25) is 0 Å². The average Bonchev–Trinajstić information content (AvgIpc) is 2.85. The normalized spacial score (nSPS) is 10.7. The van der Waals surface area contributed by atoms with E-state index in [1.54, 1.807) is 29.1 Å². The van der Waals surface area contributed by atoms with Crippen molar-refractivity contribution in [1.82, 2.24) is 25.2 Å². The average molecular weight is 247 g/mol. The van der Waals surface area contributed by atoms with Crippen LogP contribution >= 0.6 is 0 Å². The molecule has 0 aliphatic rings. The predicted octanol–water partition coefficient (Wildman–Crippen LogP) is 0.459. The van der Waals surface area contributed by atoms with Gasteiger partial charge in [0.15, 0.2) is 5.65 Å². The number of carbonyl (C=O) groups excluding carboxylic acids is 1. The first-order chi connectivity index (χ1) is 8.81. The third-order valence-corrected chi connectivity index (χ3v) is 2.57. The van der Waals surface area contributed by atoms with E-state index in [9.17, 15) is 4.79 Å². The molecule has 2 aromatic heterocycles. The van der Waals surface area contributed by atoms with E-state index in [1.165, 1.54) is 0 Å². The van der Waals surface area contributed by atoms with Crippen molar-refractivity contribution in [1.29, 1.82) is 0 Å². The largest absolute Gasteiger partial charge is 0.351 e. The van der Waals surface area contributed by atoms with Gasteiger partial charge in [-0.05, 0) is 25.1 Å². The van der Waals surface area contributed by atoms with E-state index in [4.69, 9.17) is 0 Å². The number of nitrogens with zero attached hydrogens (tertiary/aromatic N) is 3. The van der Waals surface area contributed by atoms with Crippen LogP contribution in [0.5, 0.6) is 0 Å². The minimum Gasteiger partial charge on any atom is -0.351 e. The van der Waals surface area contributed by atoms with Gasteiger partial charge in [-0.25, -0.2) is 0 Å². The van der Waals surface area contributed by atoms with Gasteiger partial charge in [0.25, 0.3) is 5.91 Å². The highest BCUT2D eigenvalue weighted by Gasteiger charge is 2.05. The standard InChI is InChI=1S/C12H17N5O/c1-2-5-13-6-7-14-12(18)10-3-4-11-16-15-9-17(11)8-10/h3-4,8-9,13H,2,5-7H2,1H3,(H,14,18). The van der Waals surface area contributed by atoms with Crippen LogP contribution in [-0.4, -0.2) is 40.1 Å². The fourth-order valence-electron chi connectivity index (χ4n) is 1.63. The molecule has 0 aliphatic carbocycles. The number of aromatic nitrogens is 3. The van der Waals surface area contributed by atoms with Crippen LogP contribution in [-0.2, 0) is 0 Å². The molecule has 0 bridgehead atoms. The summed E-state index contributed by atoms with van der Waals surface area (Å²) in [5.41, 5.74) is 1.34. The molecule has 0 unspecified atom stereocenters. The Hall–Kier alpha value is -1.95. The molecule has 0 aromatic carbocycles. The van der Waals surface area contributed by atoms with Gasteiger partial charge in [-0.3, -0.25) is 9.20 Å². The summed E-state index contributed by atoms with van der Waals surface area (Å²) in [5.74, 6) is -0.0797. The van der Waals surface area contributed by atoms with Crippen molar-refractivity contribution < 1.29 is 4.79 Å². The van der Waals surface area contributed by atoms with Crippen LogP contribution in [0.15, 0.2) is 24.7 Å². The number of rotatable bonds is 6. The third kappa shape index (κ3) is 3.04. The molecule has 2 N–H and O–H groups in total. The molecule has 0 atom stereocenters. The van der Waals surface area contributed by atoms with Gasteiger partial charge >= 0.3 is 0 Å². The van der Waals surface area contributed by atoms with Crippen LogP contribution in [0.4, 0.5) is 0 Å². The van der Waals surface area contributed by atoms with E-state index in [-0.39, 0.29) is 5.91 Å². The number of hydrogen-bond acceptors (Lipinski definition) is 4. The van der Waals surface area contributed by atoms with Gasteiger partial charge in [0.1, 0.15) is 6.33 Å². The zero-order valence-corrected chi connectivity index (χ0v) is 10.4. The molecule has 1 amide bonds. The van der Waals surface area contributed by atoms with Crippen molar-refractivity contribution in [2.75, 3.05) is 19.6 Å². The van der Waals surface area contributed by atoms with Crippen LogP contribution in [0.2, 0.25) is 0 Å². The summed E-state index contributed by atoms with van der Waals surface area (Å²) in [4.78, 5) is 11.8. The number of amides is 1. The smallest absolute Gasteiger partial charge is 0.252 e. The second kappa shape index (κ2) is 6.11. The molecule has 6 nitrogen and oxygen atoms in total. The number of nitrogens with one attached hydrogen (secondary N) is 2. The Morgan fingerprint density at radius 3 is 3.06 bits per heavy atom. The lowest BCUT2D eigenvalue weighted by Gasteiger charge is -2.06. The summed E-state index contributed by atoms with van der Waals surface area (Å²) in [6.45, 7) is 4.50.